The van der Waals surface area contributed by atoms with Gasteiger partial charge in [-0.15, -0.1) is 17.7 Å². The molecule has 1 heterocycles. The summed E-state index contributed by atoms with van der Waals surface area (Å²) in [6.07, 6.45) is 0. The fraction of sp³-hybridized carbons (Fsp3) is 0. The van der Waals surface area contributed by atoms with Crippen LogP contribution >= 0.6 is 36.2 Å². The standard InChI is InChI=1S/C8H6N2S3.K/c11-7-9-10(8(12)13-7)6-4-2-1-3-5-6;/h1-5H,(H,9,11);. The zero-order valence-corrected chi connectivity index (χ0v) is 13.2. The number of hydrogen-bond acceptors (Lipinski definition) is 4. The summed E-state index contributed by atoms with van der Waals surface area (Å²) >= 11 is 10.7. The molecule has 0 spiro atoms. The van der Waals surface area contributed by atoms with E-state index < -0.39 is 0 Å². The van der Waals surface area contributed by atoms with Crippen LogP contribution < -0.4 is 0 Å². The third-order valence-corrected chi connectivity index (χ3v) is 2.94. The number of benzene rings is 1. The van der Waals surface area contributed by atoms with Gasteiger partial charge in [-0.25, -0.2) is 4.68 Å². The molecular formula is C8H6KN2S3. The molecule has 0 aliphatic rings. The van der Waals surface area contributed by atoms with Crippen LogP contribution in [0.2, 0.25) is 0 Å². The molecule has 0 atom stereocenters. The van der Waals surface area contributed by atoms with E-state index in [-0.39, 0.29) is 51.4 Å². The number of nitrogens with zero attached hydrogens (tertiary/aromatic N) is 2. The number of rotatable bonds is 1. The first kappa shape index (κ1) is 13.1. The Hall–Kier alpha value is 0.986. The van der Waals surface area contributed by atoms with Crippen LogP contribution in [0.15, 0.2) is 34.7 Å². The van der Waals surface area contributed by atoms with Crippen LogP contribution in [0.5, 0.6) is 0 Å². The summed E-state index contributed by atoms with van der Waals surface area (Å²) in [5, 5.41) is 4.18. The molecule has 1 aromatic carbocycles. The SMILES string of the molecule is S=c1sc(S)nn1-c1ccccc1.[K]. The molecular weight excluding hydrogens is 259 g/mol. The van der Waals surface area contributed by atoms with Crippen LogP contribution in [0.1, 0.15) is 0 Å². The molecule has 0 fully saturated rings. The van der Waals surface area contributed by atoms with E-state index in [1.54, 1.807) is 4.68 Å². The summed E-state index contributed by atoms with van der Waals surface area (Å²) in [4.78, 5) is 0. The van der Waals surface area contributed by atoms with Gasteiger partial charge >= 0.3 is 0 Å². The molecule has 0 amide bonds. The minimum atomic E-state index is 0. The zero-order chi connectivity index (χ0) is 9.26. The zero-order valence-electron chi connectivity index (χ0n) is 7.54. The summed E-state index contributed by atoms with van der Waals surface area (Å²) in [5.74, 6) is 0. The molecule has 0 saturated carbocycles. The third kappa shape index (κ3) is 2.99. The second-order valence-electron chi connectivity index (χ2n) is 2.40. The van der Waals surface area contributed by atoms with Crippen molar-refractivity contribution in [2.45, 2.75) is 4.34 Å². The Morgan fingerprint density at radius 1 is 1.29 bits per heavy atom. The van der Waals surface area contributed by atoms with Gasteiger partial charge in [0.1, 0.15) is 0 Å². The van der Waals surface area contributed by atoms with E-state index in [1.165, 1.54) is 11.3 Å². The van der Waals surface area contributed by atoms with Crippen molar-refractivity contribution in [1.29, 1.82) is 0 Å². The Morgan fingerprint density at radius 3 is 2.43 bits per heavy atom. The summed E-state index contributed by atoms with van der Waals surface area (Å²) in [6.45, 7) is 0. The summed E-state index contributed by atoms with van der Waals surface area (Å²) in [6, 6.07) is 9.79. The van der Waals surface area contributed by atoms with Gasteiger partial charge in [0.15, 0.2) is 8.29 Å². The molecule has 2 rings (SSSR count). The molecule has 1 aromatic heterocycles. The van der Waals surface area contributed by atoms with Crippen molar-refractivity contribution in [1.82, 2.24) is 9.78 Å². The summed E-state index contributed by atoms with van der Waals surface area (Å²) in [7, 11) is 0. The van der Waals surface area contributed by atoms with Gasteiger partial charge in [0.25, 0.3) is 0 Å². The molecule has 14 heavy (non-hydrogen) atoms. The van der Waals surface area contributed by atoms with E-state index in [4.69, 9.17) is 12.2 Å². The number of hydrogen-bond donors (Lipinski definition) is 1. The van der Waals surface area contributed by atoms with Crippen LogP contribution in [-0.2, 0) is 0 Å². The molecule has 2 nitrogen and oxygen atoms in total. The smallest absolute Gasteiger partial charge is 0.184 e. The van der Waals surface area contributed by atoms with Gasteiger partial charge < -0.3 is 0 Å². The van der Waals surface area contributed by atoms with Crippen molar-refractivity contribution in [2.75, 3.05) is 0 Å². The normalized spacial score (nSPS) is 9.50. The maximum atomic E-state index is 5.12. The second kappa shape index (κ2) is 5.90. The van der Waals surface area contributed by atoms with Crippen molar-refractivity contribution in [3.63, 3.8) is 0 Å². The van der Waals surface area contributed by atoms with Gasteiger partial charge in [-0.2, -0.15) is 0 Å². The topological polar surface area (TPSA) is 17.8 Å². The molecule has 0 unspecified atom stereocenters. The number of para-hydroxylation sites is 1. The first-order valence-corrected chi connectivity index (χ1v) is 5.29. The van der Waals surface area contributed by atoms with Gasteiger partial charge in [0.05, 0.1) is 5.69 Å². The van der Waals surface area contributed by atoms with Crippen LogP contribution in [0.4, 0.5) is 0 Å². The molecule has 0 bridgehead atoms. The van der Waals surface area contributed by atoms with Crippen LogP contribution in [0.25, 0.3) is 5.69 Å². The monoisotopic (exact) mass is 265 g/mol. The Balaban J connectivity index is 0.000000980. The van der Waals surface area contributed by atoms with E-state index >= 15 is 0 Å². The van der Waals surface area contributed by atoms with E-state index in [2.05, 4.69) is 17.7 Å². The Morgan fingerprint density at radius 2 is 1.93 bits per heavy atom. The van der Waals surface area contributed by atoms with Crippen molar-refractivity contribution in [2.24, 2.45) is 0 Å². The van der Waals surface area contributed by atoms with Crippen molar-refractivity contribution < 1.29 is 0 Å². The predicted octanol–water partition coefficient (Wildman–Crippen LogP) is 2.57. The molecule has 0 N–H and O–H groups in total. The summed E-state index contributed by atoms with van der Waals surface area (Å²) < 4.78 is 3.12. The molecule has 6 heteroatoms. The van der Waals surface area contributed by atoms with Crippen LogP contribution in [0, 0.1) is 3.95 Å². The van der Waals surface area contributed by atoms with Gasteiger partial charge in [0.2, 0.25) is 0 Å². The Labute approximate surface area is 139 Å². The predicted molar refractivity (Wildman–Crippen MR) is 65.3 cm³/mol. The van der Waals surface area contributed by atoms with Crippen molar-refractivity contribution in [3.8, 4) is 5.69 Å². The molecule has 1 radical (unpaired) electrons. The average molecular weight is 265 g/mol. The molecule has 0 saturated heterocycles. The van der Waals surface area contributed by atoms with Crippen LogP contribution in [-0.4, -0.2) is 61.2 Å². The number of aromatic nitrogens is 2. The largest absolute Gasteiger partial charge is 0.211 e. The maximum Gasteiger partial charge on any atom is 0.184 e. The van der Waals surface area contributed by atoms with Gasteiger partial charge in [0, 0.05) is 51.4 Å². The van der Waals surface area contributed by atoms with E-state index in [9.17, 15) is 0 Å². The molecule has 0 aliphatic carbocycles. The van der Waals surface area contributed by atoms with Gasteiger partial charge in [-0.1, -0.05) is 29.5 Å². The average Bonchev–Trinajstić information content (AvgIpc) is 2.47. The maximum absolute atomic E-state index is 5.12. The first-order chi connectivity index (χ1) is 6.27. The van der Waals surface area contributed by atoms with Gasteiger partial charge in [-0.05, 0) is 24.4 Å². The van der Waals surface area contributed by atoms with E-state index in [0.29, 0.717) is 4.34 Å². The minimum Gasteiger partial charge on any atom is -0.211 e. The van der Waals surface area contributed by atoms with E-state index in [1.807, 2.05) is 30.3 Å². The van der Waals surface area contributed by atoms with Crippen molar-refractivity contribution >= 4 is 87.6 Å². The van der Waals surface area contributed by atoms with E-state index in [0.717, 1.165) is 9.64 Å². The molecule has 2 aromatic rings. The fourth-order valence-electron chi connectivity index (χ4n) is 1.00. The third-order valence-electron chi connectivity index (χ3n) is 1.54. The number of thiol groups is 1. The molecule has 0 aliphatic heterocycles. The minimum absolute atomic E-state index is 0. The fourth-order valence-corrected chi connectivity index (χ4v) is 2.43. The first-order valence-electron chi connectivity index (χ1n) is 3.62. The quantitative estimate of drug-likeness (QED) is 0.485. The van der Waals surface area contributed by atoms with Gasteiger partial charge in [-0.3, -0.25) is 0 Å². The van der Waals surface area contributed by atoms with Crippen LogP contribution in [0.3, 0.4) is 0 Å². The van der Waals surface area contributed by atoms with Crippen molar-refractivity contribution in [3.05, 3.63) is 34.3 Å². The second-order valence-corrected chi connectivity index (χ2v) is 4.75. The summed E-state index contributed by atoms with van der Waals surface area (Å²) in [5.41, 5.74) is 0.976. The molecule has 67 valence electrons. The Bertz CT molecular complexity index is 463. The Kier molecular flexibility index (Phi) is 5.51.